The summed E-state index contributed by atoms with van der Waals surface area (Å²) in [6, 6.07) is 0. The van der Waals surface area contributed by atoms with Crippen LogP contribution in [0.1, 0.15) is 90.9 Å². The molecule has 0 atom stereocenters. The standard InChI is InChI=1S/C18H40NO/c1-4-6-8-10-12-14-16-19(3,18-20)17-15-13-11-9-7-5-2/h20H,4-18H2,1-3H3/q+1. The quantitative estimate of drug-likeness (QED) is 0.252. The third-order valence-electron chi connectivity index (χ3n) is 4.44. The molecular formula is C18H40NO+. The van der Waals surface area contributed by atoms with Crippen molar-refractivity contribution in [1.29, 1.82) is 0 Å². The van der Waals surface area contributed by atoms with Gasteiger partial charge < -0.3 is 9.59 Å². The molecule has 0 aliphatic rings. The maximum atomic E-state index is 9.64. The van der Waals surface area contributed by atoms with Gasteiger partial charge >= 0.3 is 0 Å². The summed E-state index contributed by atoms with van der Waals surface area (Å²) in [7, 11) is 2.22. The lowest BCUT2D eigenvalue weighted by molar-refractivity contribution is -0.927. The Hall–Kier alpha value is -0.0800. The predicted molar refractivity (Wildman–Crippen MR) is 89.8 cm³/mol. The van der Waals surface area contributed by atoms with E-state index in [-0.39, 0.29) is 0 Å². The lowest BCUT2D eigenvalue weighted by Crippen LogP contribution is -2.46. The van der Waals surface area contributed by atoms with Crippen LogP contribution in [0.3, 0.4) is 0 Å². The molecule has 2 heteroatoms. The molecule has 0 saturated carbocycles. The summed E-state index contributed by atoms with van der Waals surface area (Å²) in [4.78, 5) is 0. The number of hydrogen-bond acceptors (Lipinski definition) is 1. The van der Waals surface area contributed by atoms with E-state index in [1.807, 2.05) is 0 Å². The summed E-state index contributed by atoms with van der Waals surface area (Å²) >= 11 is 0. The summed E-state index contributed by atoms with van der Waals surface area (Å²) in [5.41, 5.74) is 0. The number of quaternary nitrogens is 1. The average molecular weight is 287 g/mol. The Labute approximate surface area is 128 Å². The molecule has 0 unspecified atom stereocenters. The zero-order chi connectivity index (χ0) is 15.1. The minimum atomic E-state index is 0.309. The van der Waals surface area contributed by atoms with E-state index in [2.05, 4.69) is 20.9 Å². The van der Waals surface area contributed by atoms with Crippen LogP contribution in [0.2, 0.25) is 0 Å². The van der Waals surface area contributed by atoms with Crippen molar-refractivity contribution in [3.05, 3.63) is 0 Å². The Morgan fingerprint density at radius 2 is 0.950 bits per heavy atom. The molecule has 0 bridgehead atoms. The highest BCUT2D eigenvalue weighted by atomic mass is 16.3. The number of aliphatic hydroxyl groups is 1. The number of rotatable bonds is 15. The van der Waals surface area contributed by atoms with Crippen LogP contribution in [0, 0.1) is 0 Å². The van der Waals surface area contributed by atoms with Crippen molar-refractivity contribution < 1.29 is 9.59 Å². The van der Waals surface area contributed by atoms with E-state index in [1.54, 1.807) is 0 Å². The monoisotopic (exact) mass is 286 g/mol. The summed E-state index contributed by atoms with van der Waals surface area (Å²) in [6.45, 7) is 7.14. The van der Waals surface area contributed by atoms with Gasteiger partial charge in [0.2, 0.25) is 0 Å². The van der Waals surface area contributed by atoms with Crippen LogP contribution in [0.4, 0.5) is 0 Å². The molecule has 20 heavy (non-hydrogen) atoms. The zero-order valence-corrected chi connectivity index (χ0v) is 14.5. The molecule has 0 aromatic carbocycles. The molecule has 2 nitrogen and oxygen atoms in total. The second-order valence-corrected chi connectivity index (χ2v) is 6.74. The number of nitrogens with zero attached hydrogens (tertiary/aromatic N) is 1. The Bertz CT molecular complexity index is 178. The molecule has 0 aromatic rings. The van der Waals surface area contributed by atoms with Gasteiger partial charge in [0.25, 0.3) is 0 Å². The summed E-state index contributed by atoms with van der Waals surface area (Å²) in [5, 5.41) is 9.64. The predicted octanol–water partition coefficient (Wildman–Crippen LogP) is 5.10. The van der Waals surface area contributed by atoms with Gasteiger partial charge in [-0.3, -0.25) is 0 Å². The Morgan fingerprint density at radius 1 is 0.600 bits per heavy atom. The maximum Gasteiger partial charge on any atom is 0.180 e. The molecule has 0 spiro atoms. The second-order valence-electron chi connectivity index (χ2n) is 6.74. The summed E-state index contributed by atoms with van der Waals surface area (Å²) < 4.78 is 0.863. The minimum absolute atomic E-state index is 0.309. The molecule has 0 aliphatic heterocycles. The van der Waals surface area contributed by atoms with Gasteiger partial charge in [0, 0.05) is 0 Å². The molecule has 0 amide bonds. The van der Waals surface area contributed by atoms with Crippen LogP contribution in [0.25, 0.3) is 0 Å². The molecule has 0 heterocycles. The Kier molecular flexibility index (Phi) is 13.8. The van der Waals surface area contributed by atoms with Gasteiger partial charge in [0.1, 0.15) is 0 Å². The van der Waals surface area contributed by atoms with Crippen molar-refractivity contribution in [2.24, 2.45) is 0 Å². The third kappa shape index (κ3) is 11.7. The van der Waals surface area contributed by atoms with Crippen LogP contribution < -0.4 is 0 Å². The van der Waals surface area contributed by atoms with E-state index < -0.39 is 0 Å². The van der Waals surface area contributed by atoms with Gasteiger partial charge in [-0.15, -0.1) is 0 Å². The van der Waals surface area contributed by atoms with Crippen LogP contribution in [-0.2, 0) is 0 Å². The fourth-order valence-electron chi connectivity index (χ4n) is 2.80. The highest BCUT2D eigenvalue weighted by Crippen LogP contribution is 2.12. The first-order valence-corrected chi connectivity index (χ1v) is 9.13. The molecule has 0 aromatic heterocycles. The van der Waals surface area contributed by atoms with E-state index in [9.17, 15) is 5.11 Å². The van der Waals surface area contributed by atoms with Crippen molar-refractivity contribution in [1.82, 2.24) is 0 Å². The first-order valence-electron chi connectivity index (χ1n) is 9.13. The van der Waals surface area contributed by atoms with Crippen LogP contribution in [0.5, 0.6) is 0 Å². The molecule has 0 aliphatic carbocycles. The fourth-order valence-corrected chi connectivity index (χ4v) is 2.80. The highest BCUT2D eigenvalue weighted by Gasteiger charge is 2.18. The fraction of sp³-hybridized carbons (Fsp3) is 1.00. The second kappa shape index (κ2) is 13.9. The molecule has 0 radical (unpaired) electrons. The molecule has 1 N–H and O–H groups in total. The third-order valence-corrected chi connectivity index (χ3v) is 4.44. The van der Waals surface area contributed by atoms with Crippen molar-refractivity contribution in [3.63, 3.8) is 0 Å². The normalized spacial score (nSPS) is 12.0. The first kappa shape index (κ1) is 19.9. The van der Waals surface area contributed by atoms with Crippen molar-refractivity contribution in [2.75, 3.05) is 26.9 Å². The van der Waals surface area contributed by atoms with E-state index in [1.165, 1.54) is 77.0 Å². The van der Waals surface area contributed by atoms with Crippen molar-refractivity contribution in [2.45, 2.75) is 90.9 Å². The molecule has 0 fully saturated rings. The molecule has 122 valence electrons. The Morgan fingerprint density at radius 3 is 1.30 bits per heavy atom. The summed E-state index contributed by atoms with van der Waals surface area (Å²) in [6.07, 6.45) is 16.1. The number of unbranched alkanes of at least 4 members (excludes halogenated alkanes) is 10. The van der Waals surface area contributed by atoms with E-state index in [0.29, 0.717) is 6.73 Å². The van der Waals surface area contributed by atoms with Gasteiger partial charge in [0.15, 0.2) is 6.73 Å². The lowest BCUT2D eigenvalue weighted by atomic mass is 10.1. The Balaban J connectivity index is 3.57. The van der Waals surface area contributed by atoms with Gasteiger partial charge in [-0.05, 0) is 25.7 Å². The van der Waals surface area contributed by atoms with Gasteiger partial charge in [-0.1, -0.05) is 65.2 Å². The summed E-state index contributed by atoms with van der Waals surface area (Å²) in [5.74, 6) is 0. The zero-order valence-electron chi connectivity index (χ0n) is 14.5. The van der Waals surface area contributed by atoms with Crippen LogP contribution in [0.15, 0.2) is 0 Å². The topological polar surface area (TPSA) is 20.2 Å². The number of hydrogen-bond donors (Lipinski definition) is 1. The van der Waals surface area contributed by atoms with Crippen molar-refractivity contribution in [3.8, 4) is 0 Å². The largest absolute Gasteiger partial charge is 0.347 e. The SMILES string of the molecule is CCCCCCCC[N+](C)(CO)CCCCCCCC. The van der Waals surface area contributed by atoms with Crippen LogP contribution >= 0.6 is 0 Å². The lowest BCUT2D eigenvalue weighted by Gasteiger charge is -2.32. The van der Waals surface area contributed by atoms with Crippen LogP contribution in [-0.4, -0.2) is 36.5 Å². The highest BCUT2D eigenvalue weighted by molar-refractivity contribution is 4.47. The molecular weight excluding hydrogens is 246 g/mol. The maximum absolute atomic E-state index is 9.64. The van der Waals surface area contributed by atoms with E-state index >= 15 is 0 Å². The van der Waals surface area contributed by atoms with Gasteiger partial charge in [-0.25, -0.2) is 0 Å². The van der Waals surface area contributed by atoms with Gasteiger partial charge in [-0.2, -0.15) is 0 Å². The van der Waals surface area contributed by atoms with Gasteiger partial charge in [0.05, 0.1) is 20.1 Å². The minimum Gasteiger partial charge on any atom is -0.347 e. The van der Waals surface area contributed by atoms with E-state index in [4.69, 9.17) is 0 Å². The average Bonchev–Trinajstić information content (AvgIpc) is 2.46. The smallest absolute Gasteiger partial charge is 0.180 e. The molecule has 0 rings (SSSR count). The molecule has 0 saturated heterocycles. The number of aliphatic hydroxyl groups excluding tert-OH is 1. The van der Waals surface area contributed by atoms with E-state index in [0.717, 1.165) is 17.6 Å². The first-order chi connectivity index (χ1) is 9.68. The van der Waals surface area contributed by atoms with Crippen molar-refractivity contribution >= 4 is 0 Å².